The maximum absolute atomic E-state index is 11.2. The second kappa shape index (κ2) is 4.14. The molecule has 1 atom stereocenters. The van der Waals surface area contributed by atoms with Crippen LogP contribution in [0, 0.1) is 0 Å². The van der Waals surface area contributed by atoms with Gasteiger partial charge in [0, 0.05) is 19.3 Å². The van der Waals surface area contributed by atoms with Gasteiger partial charge in [-0.25, -0.2) is 8.42 Å². The number of nitrogens with zero attached hydrogens (tertiary/aromatic N) is 3. The number of hydrogen-bond donors (Lipinski definition) is 1. The lowest BCUT2D eigenvalue weighted by Crippen LogP contribution is -2.34. The lowest BCUT2D eigenvalue weighted by molar-refractivity contribution is 0.401. The summed E-state index contributed by atoms with van der Waals surface area (Å²) in [5.41, 5.74) is 0. The molecule has 1 aromatic heterocycles. The molecule has 1 N–H and O–H groups in total. The number of aromatic nitrogens is 3. The molecule has 0 fully saturated rings. The van der Waals surface area contributed by atoms with E-state index in [9.17, 15) is 8.42 Å². The molecule has 2 rings (SSSR count). The Kier molecular flexibility index (Phi) is 2.98. The zero-order chi connectivity index (χ0) is 11.8. The molecule has 0 saturated carbocycles. The zero-order valence-corrected chi connectivity index (χ0v) is 10.3. The number of rotatable bonds is 3. The van der Waals surface area contributed by atoms with Gasteiger partial charge in [0.25, 0.3) is 0 Å². The van der Waals surface area contributed by atoms with Crippen LogP contribution in [0.2, 0.25) is 0 Å². The third-order valence-electron chi connectivity index (χ3n) is 2.69. The average molecular weight is 244 g/mol. The molecule has 90 valence electrons. The van der Waals surface area contributed by atoms with E-state index in [-0.39, 0.29) is 11.8 Å². The molecule has 7 heteroatoms. The van der Waals surface area contributed by atoms with Crippen molar-refractivity contribution in [1.29, 1.82) is 0 Å². The van der Waals surface area contributed by atoms with Gasteiger partial charge >= 0.3 is 0 Å². The summed E-state index contributed by atoms with van der Waals surface area (Å²) in [4.78, 5) is 0. The van der Waals surface area contributed by atoms with E-state index in [2.05, 4.69) is 22.4 Å². The Bertz CT molecular complexity index is 480. The first-order valence-electron chi connectivity index (χ1n) is 5.34. The maximum Gasteiger partial charge on any atom is 0.154 e. The summed E-state index contributed by atoms with van der Waals surface area (Å²) in [5.74, 6) is 1.38. The summed E-state index contributed by atoms with van der Waals surface area (Å²) in [6.45, 7) is 3.64. The Morgan fingerprint density at radius 1 is 1.50 bits per heavy atom. The molecule has 0 saturated heterocycles. The van der Waals surface area contributed by atoms with Crippen LogP contribution in [-0.2, 0) is 22.1 Å². The number of hydrogen-bond acceptors (Lipinski definition) is 5. The Hall–Kier alpha value is -0.950. The van der Waals surface area contributed by atoms with Crippen LogP contribution in [0.1, 0.15) is 31.0 Å². The number of nitrogens with one attached hydrogen (secondary N) is 1. The first-order chi connectivity index (χ1) is 7.51. The van der Waals surface area contributed by atoms with E-state index in [4.69, 9.17) is 0 Å². The van der Waals surface area contributed by atoms with Crippen molar-refractivity contribution in [3.63, 3.8) is 0 Å². The lowest BCUT2D eigenvalue weighted by Gasteiger charge is -2.23. The van der Waals surface area contributed by atoms with Crippen LogP contribution >= 0.6 is 0 Å². The number of sulfone groups is 1. The monoisotopic (exact) mass is 244 g/mol. The molecular weight excluding hydrogens is 228 g/mol. The van der Waals surface area contributed by atoms with Crippen molar-refractivity contribution in [3.8, 4) is 0 Å². The summed E-state index contributed by atoms with van der Waals surface area (Å²) in [5, 5.41) is 11.4. The highest BCUT2D eigenvalue weighted by Crippen LogP contribution is 2.19. The van der Waals surface area contributed by atoms with Crippen LogP contribution < -0.4 is 5.32 Å². The van der Waals surface area contributed by atoms with Gasteiger partial charge in [-0.15, -0.1) is 10.2 Å². The van der Waals surface area contributed by atoms with Gasteiger partial charge in [-0.3, -0.25) is 0 Å². The lowest BCUT2D eigenvalue weighted by atomic mass is 10.2. The highest BCUT2D eigenvalue weighted by molar-refractivity contribution is 7.89. The fourth-order valence-electron chi connectivity index (χ4n) is 1.96. The second-order valence-corrected chi connectivity index (χ2v) is 6.25. The predicted molar refractivity (Wildman–Crippen MR) is 59.6 cm³/mol. The summed E-state index contributed by atoms with van der Waals surface area (Å²) < 4.78 is 24.4. The molecule has 6 nitrogen and oxygen atoms in total. The minimum atomic E-state index is -3.05. The summed E-state index contributed by atoms with van der Waals surface area (Å²) in [7, 11) is -3.05. The van der Waals surface area contributed by atoms with Crippen molar-refractivity contribution in [1.82, 2.24) is 20.1 Å². The van der Waals surface area contributed by atoms with E-state index in [1.54, 1.807) is 0 Å². The van der Waals surface area contributed by atoms with Gasteiger partial charge in [-0.05, 0) is 6.42 Å². The SMILES string of the molecule is CCC1NCCn2c(CS(C)(=O)=O)nnc21. The van der Waals surface area contributed by atoms with E-state index >= 15 is 0 Å². The first-order valence-corrected chi connectivity index (χ1v) is 7.40. The van der Waals surface area contributed by atoms with Gasteiger partial charge in [-0.1, -0.05) is 6.92 Å². The first kappa shape index (κ1) is 11.5. The fourth-order valence-corrected chi connectivity index (χ4v) is 2.64. The predicted octanol–water partition coefficient (Wildman–Crippen LogP) is -0.123. The Balaban J connectivity index is 2.33. The highest BCUT2D eigenvalue weighted by Gasteiger charge is 2.24. The Labute approximate surface area is 95.0 Å². The molecule has 0 aromatic carbocycles. The summed E-state index contributed by atoms with van der Waals surface area (Å²) in [6, 6.07) is 0.189. The van der Waals surface area contributed by atoms with Crippen molar-refractivity contribution in [2.45, 2.75) is 31.7 Å². The molecule has 1 aliphatic heterocycles. The van der Waals surface area contributed by atoms with Gasteiger partial charge in [0.2, 0.25) is 0 Å². The normalized spacial score (nSPS) is 20.8. The van der Waals surface area contributed by atoms with Crippen LogP contribution in [-0.4, -0.2) is 36.0 Å². The molecule has 2 heterocycles. The third-order valence-corrected chi connectivity index (χ3v) is 3.48. The van der Waals surface area contributed by atoms with Crippen molar-refractivity contribution in [2.24, 2.45) is 0 Å². The van der Waals surface area contributed by atoms with Gasteiger partial charge in [0.15, 0.2) is 9.84 Å². The minimum Gasteiger partial charge on any atom is -0.312 e. The molecule has 1 aromatic rings. The largest absolute Gasteiger partial charge is 0.312 e. The van der Waals surface area contributed by atoms with Crippen molar-refractivity contribution >= 4 is 9.84 Å². The molecule has 16 heavy (non-hydrogen) atoms. The van der Waals surface area contributed by atoms with Gasteiger partial charge in [0.05, 0.1) is 6.04 Å². The molecule has 0 bridgehead atoms. The standard InChI is InChI=1S/C9H16N4O2S/c1-3-7-9-12-11-8(6-16(2,14)15)13(9)5-4-10-7/h7,10H,3-6H2,1-2H3. The van der Waals surface area contributed by atoms with E-state index in [0.717, 1.165) is 25.3 Å². The van der Waals surface area contributed by atoms with Crippen LogP contribution in [0.25, 0.3) is 0 Å². The molecule has 1 aliphatic rings. The molecule has 0 amide bonds. The molecule has 1 unspecified atom stereocenters. The quantitative estimate of drug-likeness (QED) is 0.802. The summed E-state index contributed by atoms with van der Waals surface area (Å²) >= 11 is 0. The highest BCUT2D eigenvalue weighted by atomic mass is 32.2. The van der Waals surface area contributed by atoms with Gasteiger partial charge in [0.1, 0.15) is 17.4 Å². The van der Waals surface area contributed by atoms with Gasteiger partial charge in [-0.2, -0.15) is 0 Å². The Morgan fingerprint density at radius 2 is 2.25 bits per heavy atom. The van der Waals surface area contributed by atoms with Crippen molar-refractivity contribution < 1.29 is 8.42 Å². The van der Waals surface area contributed by atoms with E-state index in [0.29, 0.717) is 5.82 Å². The zero-order valence-electron chi connectivity index (χ0n) is 9.47. The van der Waals surface area contributed by atoms with E-state index in [1.807, 2.05) is 4.57 Å². The molecule has 0 spiro atoms. The molecule has 0 radical (unpaired) electrons. The molecule has 0 aliphatic carbocycles. The maximum atomic E-state index is 11.2. The van der Waals surface area contributed by atoms with E-state index in [1.165, 1.54) is 6.26 Å². The van der Waals surface area contributed by atoms with Crippen LogP contribution in [0.15, 0.2) is 0 Å². The minimum absolute atomic E-state index is 0.0313. The second-order valence-electron chi connectivity index (χ2n) is 4.11. The smallest absolute Gasteiger partial charge is 0.154 e. The fraction of sp³-hybridized carbons (Fsp3) is 0.778. The van der Waals surface area contributed by atoms with Crippen molar-refractivity contribution in [3.05, 3.63) is 11.6 Å². The van der Waals surface area contributed by atoms with Crippen LogP contribution in [0.3, 0.4) is 0 Å². The third kappa shape index (κ3) is 2.25. The molecular formula is C9H16N4O2S. The number of fused-ring (bicyclic) bond motifs is 1. The van der Waals surface area contributed by atoms with Crippen LogP contribution in [0.5, 0.6) is 0 Å². The Morgan fingerprint density at radius 3 is 2.88 bits per heavy atom. The van der Waals surface area contributed by atoms with Crippen LogP contribution in [0.4, 0.5) is 0 Å². The van der Waals surface area contributed by atoms with E-state index < -0.39 is 9.84 Å². The van der Waals surface area contributed by atoms with Gasteiger partial charge < -0.3 is 9.88 Å². The topological polar surface area (TPSA) is 76.9 Å². The van der Waals surface area contributed by atoms with Crippen molar-refractivity contribution in [2.75, 3.05) is 12.8 Å². The average Bonchev–Trinajstić information content (AvgIpc) is 2.59. The summed E-state index contributed by atoms with van der Waals surface area (Å²) in [6.07, 6.45) is 2.14.